The van der Waals surface area contributed by atoms with Gasteiger partial charge in [0, 0.05) is 40.0 Å². The molecule has 41 heavy (non-hydrogen) atoms. The van der Waals surface area contributed by atoms with Gasteiger partial charge in [-0.2, -0.15) is 0 Å². The second-order valence-corrected chi connectivity index (χ2v) is 10.6. The monoisotopic (exact) mass is 521 g/mol. The average Bonchev–Trinajstić information content (AvgIpc) is 3.38. The Morgan fingerprint density at radius 2 is 1.02 bits per heavy atom. The zero-order valence-electron chi connectivity index (χ0n) is 22.1. The summed E-state index contributed by atoms with van der Waals surface area (Å²) in [5, 5.41) is 2.52. The predicted molar refractivity (Wildman–Crippen MR) is 169 cm³/mol. The van der Waals surface area contributed by atoms with Gasteiger partial charge in [0.25, 0.3) is 0 Å². The third-order valence-corrected chi connectivity index (χ3v) is 8.46. The van der Waals surface area contributed by atoms with E-state index in [4.69, 9.17) is 9.97 Å². The maximum atomic E-state index is 4.88. The van der Waals surface area contributed by atoms with Crippen molar-refractivity contribution in [3.63, 3.8) is 0 Å². The Hall–Kier alpha value is -5.54. The van der Waals surface area contributed by atoms with E-state index in [1.807, 2.05) is 24.5 Å². The lowest BCUT2D eigenvalue weighted by Crippen LogP contribution is -2.01. The molecule has 3 aromatic heterocycles. The molecule has 0 aliphatic heterocycles. The van der Waals surface area contributed by atoms with Crippen LogP contribution in [0.3, 0.4) is 0 Å². The summed E-state index contributed by atoms with van der Waals surface area (Å²) in [6.07, 6.45) is 3.90. The van der Waals surface area contributed by atoms with Crippen molar-refractivity contribution >= 4 is 32.8 Å². The molecule has 0 fully saturated rings. The van der Waals surface area contributed by atoms with Crippen LogP contribution in [0.15, 0.2) is 140 Å². The fourth-order valence-corrected chi connectivity index (χ4v) is 6.72. The predicted octanol–water partition coefficient (Wildman–Crippen LogP) is 9.71. The van der Waals surface area contributed by atoms with Crippen molar-refractivity contribution in [2.75, 3.05) is 0 Å². The molecule has 1 aliphatic rings. The second-order valence-electron chi connectivity index (χ2n) is 10.6. The quantitative estimate of drug-likeness (QED) is 0.215. The normalized spacial score (nSPS) is 11.9. The summed E-state index contributed by atoms with van der Waals surface area (Å²) in [6.45, 7) is 0. The fourth-order valence-electron chi connectivity index (χ4n) is 6.72. The molecule has 0 bridgehead atoms. The van der Waals surface area contributed by atoms with Gasteiger partial charge in [-0.1, -0.05) is 91.0 Å². The van der Waals surface area contributed by atoms with E-state index in [9.17, 15) is 0 Å². The second kappa shape index (κ2) is 8.48. The van der Waals surface area contributed by atoms with Gasteiger partial charge in [0.1, 0.15) is 0 Å². The van der Waals surface area contributed by atoms with Crippen molar-refractivity contribution in [3.05, 3.63) is 140 Å². The fraction of sp³-hybridized carbons (Fsp3) is 0. The molecule has 0 spiro atoms. The molecule has 0 atom stereocenters. The van der Waals surface area contributed by atoms with Crippen molar-refractivity contribution < 1.29 is 0 Å². The van der Waals surface area contributed by atoms with Crippen LogP contribution in [0.4, 0.5) is 0 Å². The van der Waals surface area contributed by atoms with Crippen molar-refractivity contribution in [1.82, 2.24) is 14.5 Å². The molecule has 5 aromatic carbocycles. The number of rotatable bonds is 1. The topological polar surface area (TPSA) is 30.7 Å². The van der Waals surface area contributed by atoms with E-state index in [1.54, 1.807) is 0 Å². The first-order valence-electron chi connectivity index (χ1n) is 13.9. The van der Waals surface area contributed by atoms with Crippen LogP contribution in [0.1, 0.15) is 0 Å². The molecule has 1 aliphatic carbocycles. The van der Waals surface area contributed by atoms with E-state index in [2.05, 4.69) is 120 Å². The van der Waals surface area contributed by atoms with Crippen LogP contribution < -0.4 is 0 Å². The van der Waals surface area contributed by atoms with E-state index in [-0.39, 0.29) is 0 Å². The third-order valence-electron chi connectivity index (χ3n) is 8.46. The number of hydrogen-bond donors (Lipinski definition) is 0. The molecular weight excluding hydrogens is 498 g/mol. The van der Waals surface area contributed by atoms with Gasteiger partial charge in [0.15, 0.2) is 0 Å². The molecule has 190 valence electrons. The summed E-state index contributed by atoms with van der Waals surface area (Å²) in [5.74, 6) is 0. The smallest absolute Gasteiger partial charge is 0.0971 e. The van der Waals surface area contributed by atoms with Crippen LogP contribution in [-0.2, 0) is 0 Å². The van der Waals surface area contributed by atoms with Crippen molar-refractivity contribution in [2.24, 2.45) is 0 Å². The summed E-state index contributed by atoms with van der Waals surface area (Å²) in [5.41, 5.74) is 14.8. The van der Waals surface area contributed by atoms with Gasteiger partial charge >= 0.3 is 0 Å². The van der Waals surface area contributed by atoms with Crippen LogP contribution >= 0.6 is 0 Å². The molecule has 0 saturated carbocycles. The Balaban J connectivity index is 1.43. The molecule has 8 aromatic rings. The maximum Gasteiger partial charge on any atom is 0.0971 e. The Kier molecular flexibility index (Phi) is 4.61. The van der Waals surface area contributed by atoms with E-state index in [0.29, 0.717) is 0 Å². The number of para-hydroxylation sites is 2. The van der Waals surface area contributed by atoms with Gasteiger partial charge in [-0.05, 0) is 69.8 Å². The molecular formula is C38H23N3. The largest absolute Gasteiger partial charge is 0.309 e. The molecule has 9 rings (SSSR count). The van der Waals surface area contributed by atoms with Crippen LogP contribution in [0.2, 0.25) is 0 Å². The first kappa shape index (κ1) is 22.3. The number of hydrogen-bond acceptors (Lipinski definition) is 2. The van der Waals surface area contributed by atoms with E-state index < -0.39 is 0 Å². The SMILES string of the molecule is c1ccc2c(c1)-c1cc(-n3c4ccccc4c4ccccc43)ccc1-c1cnc3cccnc3c1-c1ccccc1-2. The first-order valence-corrected chi connectivity index (χ1v) is 13.9. The third kappa shape index (κ3) is 3.14. The number of pyridine rings is 2. The van der Waals surface area contributed by atoms with E-state index in [1.165, 1.54) is 49.6 Å². The molecule has 0 unspecified atom stereocenters. The van der Waals surface area contributed by atoms with Crippen LogP contribution in [0, 0.1) is 0 Å². The van der Waals surface area contributed by atoms with E-state index in [0.717, 1.165) is 33.4 Å². The standard InChI is InChI=1S/C38H23N3/c1-2-12-27-25(10-1)26-11-3-4-15-31(26)37-33(23-40-34-16-9-21-39-38(34)37)28-20-19-24(22-32(27)28)41-35-17-7-5-13-29(35)30-14-6-8-18-36(30)41/h1-23H. The highest BCUT2D eigenvalue weighted by Crippen LogP contribution is 2.49. The summed E-state index contributed by atoms with van der Waals surface area (Å²) in [7, 11) is 0. The van der Waals surface area contributed by atoms with Crippen LogP contribution in [0.5, 0.6) is 0 Å². The zero-order chi connectivity index (χ0) is 26.9. The number of aromatic nitrogens is 3. The lowest BCUT2D eigenvalue weighted by atomic mass is 9.81. The highest BCUT2D eigenvalue weighted by Gasteiger charge is 2.25. The molecule has 0 saturated heterocycles. The summed E-state index contributed by atoms with van der Waals surface area (Å²) in [4.78, 5) is 9.74. The Morgan fingerprint density at radius 1 is 0.439 bits per heavy atom. The van der Waals surface area contributed by atoms with Gasteiger partial charge in [-0.3, -0.25) is 9.97 Å². The lowest BCUT2D eigenvalue weighted by molar-refractivity contribution is 1.18. The van der Waals surface area contributed by atoms with Gasteiger partial charge in [-0.25, -0.2) is 0 Å². The zero-order valence-corrected chi connectivity index (χ0v) is 22.1. The van der Waals surface area contributed by atoms with Crippen LogP contribution in [0.25, 0.3) is 83.0 Å². The molecule has 0 radical (unpaired) electrons. The van der Waals surface area contributed by atoms with Crippen molar-refractivity contribution in [3.8, 4) is 50.2 Å². The summed E-state index contributed by atoms with van der Waals surface area (Å²) in [6, 6.07) is 45.7. The minimum atomic E-state index is 0.901. The van der Waals surface area contributed by atoms with Gasteiger partial charge in [0.05, 0.1) is 22.1 Å². The summed E-state index contributed by atoms with van der Waals surface area (Å²) < 4.78 is 2.39. The molecule has 3 heterocycles. The van der Waals surface area contributed by atoms with Crippen LogP contribution in [-0.4, -0.2) is 14.5 Å². The Labute approximate surface area is 237 Å². The molecule has 3 nitrogen and oxygen atoms in total. The minimum Gasteiger partial charge on any atom is -0.309 e. The van der Waals surface area contributed by atoms with Crippen molar-refractivity contribution in [1.29, 1.82) is 0 Å². The minimum absolute atomic E-state index is 0.901. The molecule has 0 amide bonds. The molecule has 0 N–H and O–H groups in total. The highest BCUT2D eigenvalue weighted by molar-refractivity contribution is 6.11. The summed E-state index contributed by atoms with van der Waals surface area (Å²) >= 11 is 0. The number of benzene rings is 5. The Bertz CT molecular complexity index is 2270. The van der Waals surface area contributed by atoms with Crippen molar-refractivity contribution in [2.45, 2.75) is 0 Å². The molecule has 3 heteroatoms. The first-order chi connectivity index (χ1) is 20.4. The highest BCUT2D eigenvalue weighted by atomic mass is 15.0. The number of fused-ring (bicyclic) bond motifs is 13. The Morgan fingerprint density at radius 3 is 1.76 bits per heavy atom. The lowest BCUT2D eigenvalue weighted by Gasteiger charge is -2.24. The van der Waals surface area contributed by atoms with E-state index >= 15 is 0 Å². The van der Waals surface area contributed by atoms with Gasteiger partial charge in [0.2, 0.25) is 0 Å². The van der Waals surface area contributed by atoms with Gasteiger partial charge in [-0.15, -0.1) is 0 Å². The maximum absolute atomic E-state index is 4.88. The van der Waals surface area contributed by atoms with Gasteiger partial charge < -0.3 is 4.57 Å². The average molecular weight is 522 g/mol. The number of nitrogens with zero attached hydrogens (tertiary/aromatic N) is 3.